The highest BCUT2D eigenvalue weighted by Crippen LogP contribution is 2.37. The summed E-state index contributed by atoms with van der Waals surface area (Å²) in [6.07, 6.45) is 5.27. The fraction of sp³-hybridized carbons (Fsp3) is 0.429. The zero-order chi connectivity index (χ0) is 22.5. The summed E-state index contributed by atoms with van der Waals surface area (Å²) in [5, 5.41) is 2.65. The van der Waals surface area contributed by atoms with E-state index in [2.05, 4.69) is 108 Å². The Morgan fingerprint density at radius 2 is 1.55 bits per heavy atom. The first-order chi connectivity index (χ1) is 14.7. The molecule has 2 aromatic rings. The maximum Gasteiger partial charge on any atom is 0.261 e. The zero-order valence-electron chi connectivity index (χ0n) is 19.9. The Kier molecular flexibility index (Phi) is 7.74. The van der Waals surface area contributed by atoms with Crippen molar-refractivity contribution in [3.05, 3.63) is 84.5 Å². The lowest BCUT2D eigenvalue weighted by molar-refractivity contribution is -0.0167. The Morgan fingerprint density at radius 1 is 1.00 bits per heavy atom. The smallest absolute Gasteiger partial charge is 0.261 e. The molecule has 0 radical (unpaired) electrons. The fourth-order valence-corrected chi connectivity index (χ4v) is 9.36. The van der Waals surface area contributed by atoms with Crippen molar-refractivity contribution >= 4 is 18.7 Å². The van der Waals surface area contributed by atoms with Gasteiger partial charge in [-0.1, -0.05) is 105 Å². The molecule has 0 aromatic heterocycles. The van der Waals surface area contributed by atoms with Crippen LogP contribution in [0.4, 0.5) is 0 Å². The van der Waals surface area contributed by atoms with Gasteiger partial charge in [-0.15, -0.1) is 0 Å². The Labute approximate surface area is 190 Å². The third-order valence-corrected chi connectivity index (χ3v) is 11.1. The molecule has 2 atom stereocenters. The van der Waals surface area contributed by atoms with Crippen molar-refractivity contribution in [2.24, 2.45) is 0 Å². The lowest BCUT2D eigenvalue weighted by Gasteiger charge is -2.43. The van der Waals surface area contributed by atoms with E-state index in [1.807, 2.05) is 0 Å². The molecule has 0 aliphatic carbocycles. The molecule has 3 rings (SSSR count). The van der Waals surface area contributed by atoms with E-state index >= 15 is 0 Å². The quantitative estimate of drug-likeness (QED) is 0.392. The molecule has 31 heavy (non-hydrogen) atoms. The van der Waals surface area contributed by atoms with Crippen molar-refractivity contribution < 1.29 is 9.16 Å². The number of hydrogen-bond donors (Lipinski definition) is 0. The molecule has 0 bridgehead atoms. The number of benzene rings is 2. The van der Waals surface area contributed by atoms with Crippen molar-refractivity contribution in [3.8, 4) is 0 Å². The van der Waals surface area contributed by atoms with Crippen LogP contribution < -0.4 is 10.4 Å². The third-order valence-electron chi connectivity index (χ3n) is 6.07. The first kappa shape index (κ1) is 23.7. The second-order valence-corrected chi connectivity index (χ2v) is 14.3. The minimum atomic E-state index is -2.48. The Hall–Kier alpha value is -1.94. The highest BCUT2D eigenvalue weighted by molar-refractivity contribution is 6.99. The molecule has 2 aromatic carbocycles. The van der Waals surface area contributed by atoms with Crippen LogP contribution in [0.1, 0.15) is 53.9 Å². The fourth-order valence-electron chi connectivity index (χ4n) is 4.78. The third kappa shape index (κ3) is 5.65. The van der Waals surface area contributed by atoms with E-state index in [-0.39, 0.29) is 17.2 Å². The van der Waals surface area contributed by atoms with Gasteiger partial charge in [-0.25, -0.2) is 0 Å². The second kappa shape index (κ2) is 10.1. The van der Waals surface area contributed by atoms with E-state index in [4.69, 9.17) is 9.16 Å². The summed E-state index contributed by atoms with van der Waals surface area (Å²) in [5.74, 6) is 0. The van der Waals surface area contributed by atoms with Crippen LogP contribution in [0.25, 0.3) is 0 Å². The molecule has 1 aliphatic heterocycles. The van der Waals surface area contributed by atoms with Crippen LogP contribution in [0.15, 0.2) is 84.5 Å². The lowest BCUT2D eigenvalue weighted by atomic mass is 9.97. The molecule has 0 spiro atoms. The average Bonchev–Trinajstić information content (AvgIpc) is 2.71. The van der Waals surface area contributed by atoms with Crippen molar-refractivity contribution in [2.45, 2.75) is 71.1 Å². The lowest BCUT2D eigenvalue weighted by Crippen LogP contribution is -2.66. The Bertz CT molecular complexity index is 837. The Balaban J connectivity index is 1.85. The van der Waals surface area contributed by atoms with E-state index in [1.165, 1.54) is 21.5 Å². The molecule has 1 saturated heterocycles. The van der Waals surface area contributed by atoms with Crippen LogP contribution in [0, 0.1) is 0 Å². The Morgan fingerprint density at radius 3 is 2.03 bits per heavy atom. The standard InChI is InChI=1S/C28H38O2Si/c1-22(2)19-25-21-23(3)20-24(30-25)17-18-29-31(28(4,5)6,26-13-9-7-10-14-26)27-15-11-8-12-16-27/h7-16,19,24-25H,3,17-18,20-21H2,1-2,4-6H3/t24-,25+/m0/s1. The van der Waals surface area contributed by atoms with Gasteiger partial charge >= 0.3 is 0 Å². The summed E-state index contributed by atoms with van der Waals surface area (Å²) in [6, 6.07) is 21.7. The van der Waals surface area contributed by atoms with Crippen molar-refractivity contribution in [3.63, 3.8) is 0 Å². The van der Waals surface area contributed by atoms with Gasteiger partial charge in [-0.2, -0.15) is 0 Å². The molecule has 2 nitrogen and oxygen atoms in total. The molecule has 3 heteroatoms. The van der Waals surface area contributed by atoms with Gasteiger partial charge in [0, 0.05) is 6.61 Å². The summed E-state index contributed by atoms with van der Waals surface area (Å²) in [7, 11) is -2.48. The number of allylic oxidation sites excluding steroid dienone is 1. The zero-order valence-corrected chi connectivity index (χ0v) is 20.9. The SMILES string of the molecule is C=C1C[C@H](CCO[Si](c2ccccc2)(c2ccccc2)C(C)(C)C)O[C@H](C=C(C)C)C1. The molecule has 166 valence electrons. The van der Waals surface area contributed by atoms with Gasteiger partial charge < -0.3 is 9.16 Å². The monoisotopic (exact) mass is 434 g/mol. The van der Waals surface area contributed by atoms with Crippen LogP contribution in [0.3, 0.4) is 0 Å². The van der Waals surface area contributed by atoms with E-state index in [1.54, 1.807) is 0 Å². The van der Waals surface area contributed by atoms with Crippen LogP contribution in [-0.4, -0.2) is 27.1 Å². The first-order valence-corrected chi connectivity index (χ1v) is 13.4. The predicted molar refractivity (Wildman–Crippen MR) is 135 cm³/mol. The van der Waals surface area contributed by atoms with Gasteiger partial charge in [-0.3, -0.25) is 0 Å². The summed E-state index contributed by atoms with van der Waals surface area (Å²) < 4.78 is 13.4. The topological polar surface area (TPSA) is 18.5 Å². The first-order valence-electron chi connectivity index (χ1n) is 11.4. The van der Waals surface area contributed by atoms with Gasteiger partial charge in [-0.05, 0) is 48.5 Å². The summed E-state index contributed by atoms with van der Waals surface area (Å²) in [5.41, 5.74) is 2.58. The highest BCUT2D eigenvalue weighted by atomic mass is 28.4. The minimum absolute atomic E-state index is 0.00266. The van der Waals surface area contributed by atoms with Crippen LogP contribution in [0.5, 0.6) is 0 Å². The van der Waals surface area contributed by atoms with Gasteiger partial charge in [0.05, 0.1) is 12.2 Å². The molecular formula is C28H38O2Si. The average molecular weight is 435 g/mol. The van der Waals surface area contributed by atoms with Crippen LogP contribution >= 0.6 is 0 Å². The van der Waals surface area contributed by atoms with E-state index < -0.39 is 8.32 Å². The molecule has 0 saturated carbocycles. The number of rotatable bonds is 7. The summed E-state index contributed by atoms with van der Waals surface area (Å²) >= 11 is 0. The molecule has 0 unspecified atom stereocenters. The normalized spacial score (nSPS) is 19.8. The van der Waals surface area contributed by atoms with Crippen molar-refractivity contribution in [1.82, 2.24) is 0 Å². The van der Waals surface area contributed by atoms with Gasteiger partial charge in [0.2, 0.25) is 0 Å². The van der Waals surface area contributed by atoms with Crippen LogP contribution in [-0.2, 0) is 9.16 Å². The molecule has 0 N–H and O–H groups in total. The van der Waals surface area contributed by atoms with Crippen molar-refractivity contribution in [1.29, 1.82) is 0 Å². The minimum Gasteiger partial charge on any atom is -0.407 e. The maximum absolute atomic E-state index is 7.03. The molecule has 0 amide bonds. The summed E-state index contributed by atoms with van der Waals surface area (Å²) in [6.45, 7) is 16.2. The molecular weight excluding hydrogens is 396 g/mol. The predicted octanol–water partition coefficient (Wildman–Crippen LogP) is 6.02. The molecule has 1 fully saturated rings. The van der Waals surface area contributed by atoms with Gasteiger partial charge in [0.1, 0.15) is 0 Å². The highest BCUT2D eigenvalue weighted by Gasteiger charge is 2.50. The molecule has 1 aliphatic rings. The molecule has 1 heterocycles. The van der Waals surface area contributed by atoms with Crippen molar-refractivity contribution in [2.75, 3.05) is 6.61 Å². The van der Waals surface area contributed by atoms with E-state index in [0.717, 1.165) is 19.3 Å². The van der Waals surface area contributed by atoms with Gasteiger partial charge in [0.25, 0.3) is 8.32 Å². The van der Waals surface area contributed by atoms with E-state index in [0.29, 0.717) is 6.61 Å². The number of ether oxygens (including phenoxy) is 1. The second-order valence-electron chi connectivity index (χ2n) is 10.00. The van der Waals surface area contributed by atoms with E-state index in [9.17, 15) is 0 Å². The van der Waals surface area contributed by atoms with Crippen LogP contribution in [0.2, 0.25) is 5.04 Å². The van der Waals surface area contributed by atoms with Gasteiger partial charge in [0.15, 0.2) is 0 Å². The number of hydrogen-bond acceptors (Lipinski definition) is 2. The summed E-state index contributed by atoms with van der Waals surface area (Å²) in [4.78, 5) is 0. The maximum atomic E-state index is 7.03. The largest absolute Gasteiger partial charge is 0.407 e.